The van der Waals surface area contributed by atoms with Gasteiger partial charge in [0.1, 0.15) is 23.0 Å². The van der Waals surface area contributed by atoms with E-state index < -0.39 is 5.97 Å². The Hall–Kier alpha value is -4.01. The van der Waals surface area contributed by atoms with Crippen LogP contribution in [0, 0.1) is 0 Å². The first-order valence-electron chi connectivity index (χ1n) is 12.6. The third-order valence-electron chi connectivity index (χ3n) is 6.10. The molecular formula is C32H26BrNO5S. The van der Waals surface area contributed by atoms with E-state index in [4.69, 9.17) is 14.2 Å². The number of esters is 1. The Labute approximate surface area is 245 Å². The van der Waals surface area contributed by atoms with Gasteiger partial charge in [0.25, 0.3) is 0 Å². The van der Waals surface area contributed by atoms with E-state index >= 15 is 0 Å². The molecule has 8 heteroatoms. The number of carbonyl (C=O) groups is 1. The van der Waals surface area contributed by atoms with Gasteiger partial charge < -0.3 is 19.3 Å². The quantitative estimate of drug-likeness (QED) is 0.201. The van der Waals surface area contributed by atoms with Gasteiger partial charge in [0, 0.05) is 0 Å². The molecular weight excluding hydrogens is 590 g/mol. The first kappa shape index (κ1) is 27.6. The fraction of sp³-hybridized carbons (Fsp3) is 0.125. The fourth-order valence-electron chi connectivity index (χ4n) is 4.21. The maximum absolute atomic E-state index is 12.7. The zero-order chi connectivity index (χ0) is 28.1. The number of aliphatic imine (C=N–C) groups is 1. The van der Waals surface area contributed by atoms with E-state index in [-0.39, 0.29) is 17.9 Å². The maximum atomic E-state index is 12.7. The van der Waals surface area contributed by atoms with Crippen LogP contribution in [0.1, 0.15) is 18.1 Å². The number of fused-ring (bicyclic) bond motifs is 1. The summed E-state index contributed by atoms with van der Waals surface area (Å²) < 4.78 is 17.7. The third-order valence-corrected chi connectivity index (χ3v) is 7.71. The van der Waals surface area contributed by atoms with Crippen LogP contribution in [0.15, 0.2) is 111 Å². The van der Waals surface area contributed by atoms with Crippen LogP contribution in [0.4, 0.5) is 5.69 Å². The normalized spacial score (nSPS) is 15.2. The molecule has 5 rings (SSSR count). The number of hydrogen-bond acceptors (Lipinski definition) is 7. The summed E-state index contributed by atoms with van der Waals surface area (Å²) >= 11 is 4.82. The number of carbonyl (C=O) groups excluding carboxylic acids is 1. The summed E-state index contributed by atoms with van der Waals surface area (Å²) in [4.78, 5) is 17.8. The highest BCUT2D eigenvalue weighted by Crippen LogP contribution is 2.42. The molecule has 4 aromatic rings. The van der Waals surface area contributed by atoms with Crippen molar-refractivity contribution in [3.8, 4) is 11.5 Å². The Kier molecular flexibility index (Phi) is 8.57. The molecule has 0 saturated carbocycles. The highest BCUT2D eigenvalue weighted by Gasteiger charge is 2.33. The van der Waals surface area contributed by atoms with Crippen molar-refractivity contribution in [3.63, 3.8) is 0 Å². The van der Waals surface area contributed by atoms with Crippen molar-refractivity contribution in [2.45, 2.75) is 13.5 Å². The van der Waals surface area contributed by atoms with Gasteiger partial charge in [-0.05, 0) is 81.2 Å². The van der Waals surface area contributed by atoms with E-state index in [0.29, 0.717) is 38.2 Å². The van der Waals surface area contributed by atoms with Crippen molar-refractivity contribution in [1.82, 2.24) is 0 Å². The van der Waals surface area contributed by atoms with Crippen LogP contribution >= 0.6 is 27.7 Å². The lowest BCUT2D eigenvalue weighted by molar-refractivity contribution is -0.138. The first-order valence-corrected chi connectivity index (χ1v) is 14.2. The lowest BCUT2D eigenvalue weighted by atomic mass is 10.1. The van der Waals surface area contributed by atoms with Gasteiger partial charge in [-0.2, -0.15) is 0 Å². The van der Waals surface area contributed by atoms with Gasteiger partial charge in [-0.3, -0.25) is 0 Å². The number of methoxy groups -OCH3 is 1. The molecule has 0 saturated heterocycles. The second-order valence-electron chi connectivity index (χ2n) is 8.81. The molecule has 0 amide bonds. The van der Waals surface area contributed by atoms with Gasteiger partial charge in [0.05, 0.1) is 28.8 Å². The molecule has 1 heterocycles. The molecule has 4 aromatic carbocycles. The lowest BCUT2D eigenvalue weighted by Gasteiger charge is -2.14. The van der Waals surface area contributed by atoms with Gasteiger partial charge in [-0.25, -0.2) is 9.79 Å². The SMILES string of the molecule is CCOC(=O)C1=C(O)/C(=C/c2cc(Br)c(OCc3ccc4ccccc4c3)c(OC)c2)SC1=Nc1ccccc1. The van der Waals surface area contributed by atoms with E-state index in [2.05, 4.69) is 45.2 Å². The van der Waals surface area contributed by atoms with Crippen molar-refractivity contribution >= 4 is 61.2 Å². The number of nitrogens with zero attached hydrogens (tertiary/aromatic N) is 1. The summed E-state index contributed by atoms with van der Waals surface area (Å²) in [5.74, 6) is 0.291. The van der Waals surface area contributed by atoms with Crippen LogP contribution in [0.25, 0.3) is 16.8 Å². The Morgan fingerprint density at radius 3 is 2.50 bits per heavy atom. The van der Waals surface area contributed by atoms with E-state index in [0.717, 1.165) is 16.5 Å². The summed E-state index contributed by atoms with van der Waals surface area (Å²) in [5.41, 5.74) is 2.48. The van der Waals surface area contributed by atoms with Crippen LogP contribution in [0.5, 0.6) is 11.5 Å². The van der Waals surface area contributed by atoms with Gasteiger partial charge in [-0.1, -0.05) is 66.4 Å². The fourth-order valence-corrected chi connectivity index (χ4v) is 5.82. The minimum atomic E-state index is -0.623. The molecule has 0 atom stereocenters. The summed E-state index contributed by atoms with van der Waals surface area (Å²) in [5, 5.41) is 13.7. The van der Waals surface area contributed by atoms with E-state index in [1.807, 2.05) is 60.7 Å². The molecule has 1 aliphatic rings. The summed E-state index contributed by atoms with van der Waals surface area (Å²) in [6.45, 7) is 2.26. The van der Waals surface area contributed by atoms with E-state index in [1.54, 1.807) is 20.1 Å². The predicted octanol–water partition coefficient (Wildman–Crippen LogP) is 8.38. The molecule has 202 valence electrons. The molecule has 0 aliphatic carbocycles. The molecule has 0 bridgehead atoms. The number of aliphatic hydroxyl groups is 1. The Bertz CT molecular complexity index is 1660. The molecule has 1 aliphatic heterocycles. The van der Waals surface area contributed by atoms with Gasteiger partial charge >= 0.3 is 5.97 Å². The minimum Gasteiger partial charge on any atom is -0.506 e. The lowest BCUT2D eigenvalue weighted by Crippen LogP contribution is -2.12. The van der Waals surface area contributed by atoms with Crippen LogP contribution in [0.2, 0.25) is 0 Å². The zero-order valence-corrected chi connectivity index (χ0v) is 24.3. The van der Waals surface area contributed by atoms with Crippen molar-refractivity contribution in [1.29, 1.82) is 0 Å². The molecule has 6 nitrogen and oxygen atoms in total. The second-order valence-corrected chi connectivity index (χ2v) is 10.7. The van der Waals surface area contributed by atoms with Gasteiger partial charge in [0.2, 0.25) is 0 Å². The summed E-state index contributed by atoms with van der Waals surface area (Å²) in [7, 11) is 1.58. The largest absolute Gasteiger partial charge is 0.506 e. The van der Waals surface area contributed by atoms with Crippen LogP contribution in [-0.4, -0.2) is 29.8 Å². The van der Waals surface area contributed by atoms with Gasteiger partial charge in [0.15, 0.2) is 11.5 Å². The molecule has 0 radical (unpaired) electrons. The number of ether oxygens (including phenoxy) is 3. The van der Waals surface area contributed by atoms with Crippen molar-refractivity contribution < 1.29 is 24.1 Å². The highest BCUT2D eigenvalue weighted by molar-refractivity contribution is 9.10. The van der Waals surface area contributed by atoms with Crippen LogP contribution < -0.4 is 9.47 Å². The van der Waals surface area contributed by atoms with E-state index in [9.17, 15) is 9.90 Å². The molecule has 0 spiro atoms. The van der Waals surface area contributed by atoms with Crippen molar-refractivity contribution in [3.05, 3.63) is 117 Å². The average molecular weight is 617 g/mol. The molecule has 40 heavy (non-hydrogen) atoms. The predicted molar refractivity (Wildman–Crippen MR) is 164 cm³/mol. The first-order chi connectivity index (χ1) is 19.5. The molecule has 1 N–H and O–H groups in total. The number of hydrogen-bond donors (Lipinski definition) is 1. The average Bonchev–Trinajstić information content (AvgIpc) is 3.26. The topological polar surface area (TPSA) is 77.4 Å². The van der Waals surface area contributed by atoms with E-state index in [1.165, 1.54) is 17.1 Å². The zero-order valence-electron chi connectivity index (χ0n) is 21.9. The Balaban J connectivity index is 1.43. The number of para-hydroxylation sites is 1. The standard InChI is InChI=1S/C32H26BrNO5S/c1-3-38-32(36)28-29(35)27(40-31(28)34-24-11-5-4-6-12-24)18-21-16-25(33)30(26(17-21)37-2)39-19-20-13-14-22-9-7-8-10-23(22)15-20/h4-18,35H,3,19H2,1-2H3/b27-18-,34-31?. The number of aliphatic hydroxyl groups excluding tert-OH is 1. The van der Waals surface area contributed by atoms with Crippen molar-refractivity contribution in [2.24, 2.45) is 4.99 Å². The van der Waals surface area contributed by atoms with Crippen molar-refractivity contribution in [2.75, 3.05) is 13.7 Å². The Morgan fingerprint density at radius 1 is 1.00 bits per heavy atom. The summed E-state index contributed by atoms with van der Waals surface area (Å²) in [6, 6.07) is 27.4. The number of halogens is 1. The van der Waals surface area contributed by atoms with Crippen LogP contribution in [0.3, 0.4) is 0 Å². The second kappa shape index (κ2) is 12.4. The molecule has 0 aromatic heterocycles. The monoisotopic (exact) mass is 615 g/mol. The Morgan fingerprint density at radius 2 is 1.75 bits per heavy atom. The smallest absolute Gasteiger partial charge is 0.344 e. The van der Waals surface area contributed by atoms with Crippen LogP contribution in [-0.2, 0) is 16.1 Å². The summed E-state index contributed by atoms with van der Waals surface area (Å²) in [6.07, 6.45) is 1.77. The van der Waals surface area contributed by atoms with Gasteiger partial charge in [-0.15, -0.1) is 0 Å². The number of benzene rings is 4. The number of rotatable bonds is 8. The number of thioether (sulfide) groups is 1. The molecule has 0 fully saturated rings. The molecule has 0 unspecified atom stereocenters. The highest BCUT2D eigenvalue weighted by atomic mass is 79.9. The minimum absolute atomic E-state index is 0.0447. The third kappa shape index (κ3) is 6.08. The maximum Gasteiger partial charge on any atom is 0.344 e.